The predicted molar refractivity (Wildman–Crippen MR) is 59.3 cm³/mol. The summed E-state index contributed by atoms with van der Waals surface area (Å²) >= 11 is 1.73. The lowest BCUT2D eigenvalue weighted by molar-refractivity contribution is 0.302. The smallest absolute Gasteiger partial charge is 0.0884 e. The fourth-order valence-electron chi connectivity index (χ4n) is 2.78. The molecule has 0 N–H and O–H groups in total. The maximum Gasteiger partial charge on any atom is 0.0884 e. The number of rotatable bonds is 1. The van der Waals surface area contributed by atoms with Gasteiger partial charge >= 0.3 is 0 Å². The number of thiophene rings is 1. The van der Waals surface area contributed by atoms with Crippen LogP contribution >= 0.6 is 11.3 Å². The average Bonchev–Trinajstić information content (AvgIpc) is 2.63. The van der Waals surface area contributed by atoms with Crippen molar-refractivity contribution in [3.05, 3.63) is 21.9 Å². The van der Waals surface area contributed by atoms with Gasteiger partial charge in [-0.15, -0.1) is 0 Å². The van der Waals surface area contributed by atoms with E-state index < -0.39 is 0 Å². The third-order valence-corrected chi connectivity index (χ3v) is 4.38. The summed E-state index contributed by atoms with van der Waals surface area (Å²) in [4.78, 5) is 0. The van der Waals surface area contributed by atoms with E-state index in [0.29, 0.717) is 11.8 Å². The summed E-state index contributed by atoms with van der Waals surface area (Å²) in [5.74, 6) is 0.865. The molecular formula is C12H15NS. The molecule has 0 aromatic carbocycles. The van der Waals surface area contributed by atoms with E-state index >= 15 is 0 Å². The van der Waals surface area contributed by atoms with E-state index in [1.807, 2.05) is 0 Å². The molecule has 0 saturated carbocycles. The summed E-state index contributed by atoms with van der Waals surface area (Å²) in [5.41, 5.74) is 2.47. The van der Waals surface area contributed by atoms with E-state index in [-0.39, 0.29) is 5.41 Å². The Bertz CT molecular complexity index is 385. The Hall–Kier alpha value is -0.810. The van der Waals surface area contributed by atoms with Crippen LogP contribution in [-0.4, -0.2) is 0 Å². The summed E-state index contributed by atoms with van der Waals surface area (Å²) in [6.07, 6.45) is 1.07. The van der Waals surface area contributed by atoms with E-state index in [4.69, 9.17) is 0 Å². The first-order valence-corrected chi connectivity index (χ1v) is 6.04. The molecular weight excluding hydrogens is 190 g/mol. The Labute approximate surface area is 89.4 Å². The van der Waals surface area contributed by atoms with Gasteiger partial charge in [0.2, 0.25) is 0 Å². The molecule has 0 fully saturated rings. The van der Waals surface area contributed by atoms with Gasteiger partial charge in [0.15, 0.2) is 0 Å². The highest BCUT2D eigenvalue weighted by molar-refractivity contribution is 7.08. The molecule has 14 heavy (non-hydrogen) atoms. The minimum atomic E-state index is -0.227. The Kier molecular flexibility index (Phi) is 2.16. The van der Waals surface area contributed by atoms with Crippen molar-refractivity contribution < 1.29 is 0 Å². The van der Waals surface area contributed by atoms with Gasteiger partial charge in [0.05, 0.1) is 11.5 Å². The molecule has 1 aromatic heterocycles. The molecule has 1 aliphatic carbocycles. The summed E-state index contributed by atoms with van der Waals surface area (Å²) in [7, 11) is 0. The van der Waals surface area contributed by atoms with Crippen LogP contribution in [0.4, 0.5) is 0 Å². The van der Waals surface area contributed by atoms with Crippen molar-refractivity contribution in [2.75, 3.05) is 0 Å². The number of nitriles is 1. The zero-order valence-corrected chi connectivity index (χ0v) is 9.69. The molecule has 0 amide bonds. The van der Waals surface area contributed by atoms with Crippen LogP contribution < -0.4 is 0 Å². The van der Waals surface area contributed by atoms with E-state index in [1.54, 1.807) is 11.3 Å². The molecule has 0 unspecified atom stereocenters. The van der Waals surface area contributed by atoms with Crippen LogP contribution in [0.15, 0.2) is 10.8 Å². The van der Waals surface area contributed by atoms with Crippen LogP contribution in [0.1, 0.15) is 31.9 Å². The Morgan fingerprint density at radius 3 is 2.86 bits per heavy atom. The molecule has 1 aliphatic rings. The minimum Gasteiger partial charge on any atom is -0.197 e. The van der Waals surface area contributed by atoms with E-state index in [2.05, 4.69) is 37.6 Å². The van der Waals surface area contributed by atoms with Gasteiger partial charge in [-0.25, -0.2) is 0 Å². The largest absolute Gasteiger partial charge is 0.197 e. The van der Waals surface area contributed by atoms with Gasteiger partial charge in [-0.3, -0.25) is 0 Å². The second-order valence-electron chi connectivity index (χ2n) is 4.55. The zero-order chi connectivity index (χ0) is 10.3. The highest BCUT2D eigenvalue weighted by Gasteiger charge is 2.47. The molecule has 2 atom stereocenters. The molecule has 2 heteroatoms. The fraction of sp³-hybridized carbons (Fsp3) is 0.583. The van der Waals surface area contributed by atoms with Crippen molar-refractivity contribution in [3.63, 3.8) is 0 Å². The molecule has 1 heterocycles. The molecule has 74 valence electrons. The SMILES string of the molecule is CC(C)[C@]1(C#N)c2cscc2C[C@H]1C. The van der Waals surface area contributed by atoms with Crippen molar-refractivity contribution in [1.82, 2.24) is 0 Å². The van der Waals surface area contributed by atoms with Gasteiger partial charge in [0, 0.05) is 0 Å². The van der Waals surface area contributed by atoms with Crippen molar-refractivity contribution in [2.45, 2.75) is 32.6 Å². The lowest BCUT2D eigenvalue weighted by Crippen LogP contribution is -2.34. The van der Waals surface area contributed by atoms with E-state index in [1.165, 1.54) is 11.1 Å². The monoisotopic (exact) mass is 205 g/mol. The van der Waals surface area contributed by atoms with Gasteiger partial charge in [-0.2, -0.15) is 16.6 Å². The van der Waals surface area contributed by atoms with Crippen molar-refractivity contribution >= 4 is 11.3 Å². The molecule has 1 aromatic rings. The standard InChI is InChI=1S/C12H15NS/c1-8(2)12(7-13)9(3)4-10-5-14-6-11(10)12/h5-6,8-9H,4H2,1-3H3/t9-,12+/m1/s1. The predicted octanol–water partition coefficient (Wildman–Crippen LogP) is 3.36. The Morgan fingerprint density at radius 1 is 1.57 bits per heavy atom. The number of nitrogens with zero attached hydrogens (tertiary/aromatic N) is 1. The first kappa shape index (κ1) is 9.73. The van der Waals surface area contributed by atoms with Crippen molar-refractivity contribution in [2.24, 2.45) is 11.8 Å². The van der Waals surface area contributed by atoms with Gasteiger partial charge in [-0.1, -0.05) is 20.8 Å². The summed E-state index contributed by atoms with van der Waals surface area (Å²) in [5, 5.41) is 13.8. The van der Waals surface area contributed by atoms with E-state index in [9.17, 15) is 5.26 Å². The molecule has 2 rings (SSSR count). The lowest BCUT2D eigenvalue weighted by Gasteiger charge is -2.31. The zero-order valence-electron chi connectivity index (χ0n) is 8.87. The Morgan fingerprint density at radius 2 is 2.29 bits per heavy atom. The molecule has 0 radical (unpaired) electrons. The number of fused-ring (bicyclic) bond motifs is 1. The van der Waals surface area contributed by atoms with E-state index in [0.717, 1.165) is 6.42 Å². The third kappa shape index (κ3) is 0.994. The summed E-state index contributed by atoms with van der Waals surface area (Å²) < 4.78 is 0. The topological polar surface area (TPSA) is 23.8 Å². The van der Waals surface area contributed by atoms with Crippen LogP contribution in [0.2, 0.25) is 0 Å². The maximum absolute atomic E-state index is 9.48. The highest BCUT2D eigenvalue weighted by atomic mass is 32.1. The molecule has 0 bridgehead atoms. The van der Waals surface area contributed by atoms with Crippen LogP contribution in [-0.2, 0) is 11.8 Å². The number of hydrogen-bond donors (Lipinski definition) is 0. The first-order chi connectivity index (χ1) is 6.63. The van der Waals surface area contributed by atoms with Crippen LogP contribution in [0.5, 0.6) is 0 Å². The Balaban J connectivity index is 2.59. The summed E-state index contributed by atoms with van der Waals surface area (Å²) in [6, 6.07) is 2.58. The normalized spacial score (nSPS) is 30.4. The van der Waals surface area contributed by atoms with Gasteiger partial charge in [-0.05, 0) is 40.1 Å². The third-order valence-electron chi connectivity index (χ3n) is 3.59. The van der Waals surface area contributed by atoms with Crippen molar-refractivity contribution in [3.8, 4) is 6.07 Å². The lowest BCUT2D eigenvalue weighted by atomic mass is 9.69. The molecule has 1 nitrogen and oxygen atoms in total. The quantitative estimate of drug-likeness (QED) is 0.689. The van der Waals surface area contributed by atoms with Gasteiger partial charge in [0.1, 0.15) is 0 Å². The summed E-state index contributed by atoms with van der Waals surface area (Å²) in [6.45, 7) is 6.52. The number of hydrogen-bond acceptors (Lipinski definition) is 2. The van der Waals surface area contributed by atoms with Crippen molar-refractivity contribution in [1.29, 1.82) is 5.26 Å². The van der Waals surface area contributed by atoms with Crippen LogP contribution in [0, 0.1) is 23.2 Å². The average molecular weight is 205 g/mol. The van der Waals surface area contributed by atoms with Gasteiger partial charge in [0.25, 0.3) is 0 Å². The van der Waals surface area contributed by atoms with Gasteiger partial charge < -0.3 is 0 Å². The highest BCUT2D eigenvalue weighted by Crippen LogP contribution is 2.48. The maximum atomic E-state index is 9.48. The second-order valence-corrected chi connectivity index (χ2v) is 5.29. The molecule has 0 aliphatic heterocycles. The molecule has 0 spiro atoms. The fourth-order valence-corrected chi connectivity index (χ4v) is 3.72. The second kappa shape index (κ2) is 3.10. The first-order valence-electron chi connectivity index (χ1n) is 5.09. The van der Waals surface area contributed by atoms with Crippen LogP contribution in [0.25, 0.3) is 0 Å². The van der Waals surface area contributed by atoms with Crippen LogP contribution in [0.3, 0.4) is 0 Å². The minimum absolute atomic E-state index is 0.227. The molecule has 0 saturated heterocycles.